The molecule has 0 aromatic carbocycles. The first-order valence-electron chi connectivity index (χ1n) is 4.59. The SMILES string of the molecule is O=C(O)N1CC(CS(=O)(=O)c2nccs2)C1. The van der Waals surface area contributed by atoms with Crippen molar-refractivity contribution in [2.75, 3.05) is 18.8 Å². The Morgan fingerprint density at radius 3 is 2.81 bits per heavy atom. The molecule has 88 valence electrons. The number of rotatable bonds is 3. The number of carboxylic acid groups (broad SMARTS) is 1. The molecule has 0 saturated carbocycles. The largest absolute Gasteiger partial charge is 0.465 e. The van der Waals surface area contributed by atoms with Crippen LogP contribution in [0.3, 0.4) is 0 Å². The Labute approximate surface area is 96.5 Å². The van der Waals surface area contributed by atoms with Crippen LogP contribution in [0.2, 0.25) is 0 Å². The van der Waals surface area contributed by atoms with Crippen molar-refractivity contribution >= 4 is 27.3 Å². The van der Waals surface area contributed by atoms with Crippen LogP contribution in [0, 0.1) is 5.92 Å². The van der Waals surface area contributed by atoms with Gasteiger partial charge in [0.2, 0.25) is 14.2 Å². The second-order valence-electron chi connectivity index (χ2n) is 3.63. The fourth-order valence-electron chi connectivity index (χ4n) is 1.58. The van der Waals surface area contributed by atoms with Crippen molar-refractivity contribution in [3.8, 4) is 0 Å². The van der Waals surface area contributed by atoms with E-state index in [1.807, 2.05) is 0 Å². The van der Waals surface area contributed by atoms with E-state index in [4.69, 9.17) is 5.11 Å². The van der Waals surface area contributed by atoms with Crippen molar-refractivity contribution in [2.24, 2.45) is 5.92 Å². The number of hydrogen-bond acceptors (Lipinski definition) is 5. The molecule has 0 radical (unpaired) electrons. The van der Waals surface area contributed by atoms with E-state index in [-0.39, 0.29) is 16.0 Å². The van der Waals surface area contributed by atoms with E-state index in [2.05, 4.69) is 4.98 Å². The van der Waals surface area contributed by atoms with E-state index in [0.717, 1.165) is 11.3 Å². The first kappa shape index (κ1) is 11.3. The van der Waals surface area contributed by atoms with E-state index in [9.17, 15) is 13.2 Å². The molecule has 0 bridgehead atoms. The van der Waals surface area contributed by atoms with Gasteiger partial charge in [0, 0.05) is 30.6 Å². The molecule has 0 unspecified atom stereocenters. The molecule has 0 aliphatic carbocycles. The second kappa shape index (κ2) is 4.02. The van der Waals surface area contributed by atoms with E-state index in [1.165, 1.54) is 11.1 Å². The predicted molar refractivity (Wildman–Crippen MR) is 57.3 cm³/mol. The maximum atomic E-state index is 11.8. The Morgan fingerprint density at radius 2 is 2.31 bits per heavy atom. The minimum absolute atomic E-state index is 0.0235. The van der Waals surface area contributed by atoms with E-state index < -0.39 is 15.9 Å². The minimum Gasteiger partial charge on any atom is -0.465 e. The van der Waals surface area contributed by atoms with Crippen molar-refractivity contribution in [3.05, 3.63) is 11.6 Å². The molecule has 16 heavy (non-hydrogen) atoms. The van der Waals surface area contributed by atoms with E-state index in [1.54, 1.807) is 5.38 Å². The highest BCUT2D eigenvalue weighted by Crippen LogP contribution is 2.22. The van der Waals surface area contributed by atoms with Crippen molar-refractivity contribution in [1.29, 1.82) is 0 Å². The maximum absolute atomic E-state index is 11.8. The van der Waals surface area contributed by atoms with Crippen LogP contribution in [0.1, 0.15) is 0 Å². The third-order valence-electron chi connectivity index (χ3n) is 2.36. The monoisotopic (exact) mass is 262 g/mol. The third kappa shape index (κ3) is 2.17. The summed E-state index contributed by atoms with van der Waals surface area (Å²) >= 11 is 1.08. The quantitative estimate of drug-likeness (QED) is 0.858. The smallest absolute Gasteiger partial charge is 0.407 e. The number of carbonyl (C=O) groups is 1. The molecule has 1 N–H and O–H groups in total. The molecule has 1 fully saturated rings. The molecule has 1 aliphatic heterocycles. The zero-order valence-corrected chi connectivity index (χ0v) is 9.87. The van der Waals surface area contributed by atoms with Gasteiger partial charge in [0.05, 0.1) is 5.75 Å². The van der Waals surface area contributed by atoms with Crippen LogP contribution in [0.4, 0.5) is 4.79 Å². The van der Waals surface area contributed by atoms with Crippen molar-refractivity contribution in [1.82, 2.24) is 9.88 Å². The lowest BCUT2D eigenvalue weighted by atomic mass is 10.0. The summed E-state index contributed by atoms with van der Waals surface area (Å²) in [5.74, 6) is -0.130. The lowest BCUT2D eigenvalue weighted by Gasteiger charge is -2.36. The minimum atomic E-state index is -3.34. The van der Waals surface area contributed by atoms with Gasteiger partial charge in [-0.1, -0.05) is 0 Å². The first-order valence-corrected chi connectivity index (χ1v) is 7.12. The molecule has 1 aliphatic rings. The molecule has 0 spiro atoms. The molecule has 1 aromatic heterocycles. The van der Waals surface area contributed by atoms with Gasteiger partial charge in [0.1, 0.15) is 0 Å². The van der Waals surface area contributed by atoms with Crippen LogP contribution in [0.5, 0.6) is 0 Å². The molecular formula is C8H10N2O4S2. The summed E-state index contributed by atoms with van der Waals surface area (Å²) in [5.41, 5.74) is 0. The van der Waals surface area contributed by atoms with Crippen LogP contribution in [-0.2, 0) is 9.84 Å². The lowest BCUT2D eigenvalue weighted by Crippen LogP contribution is -2.51. The molecule has 2 heterocycles. The highest BCUT2D eigenvalue weighted by molar-refractivity contribution is 7.93. The number of thiazole rings is 1. The number of sulfone groups is 1. The highest BCUT2D eigenvalue weighted by atomic mass is 32.2. The molecule has 6 nitrogen and oxygen atoms in total. The maximum Gasteiger partial charge on any atom is 0.407 e. The predicted octanol–water partition coefficient (Wildman–Crippen LogP) is 0.527. The molecule has 0 atom stereocenters. The molecule has 2 rings (SSSR count). The van der Waals surface area contributed by atoms with Gasteiger partial charge in [-0.25, -0.2) is 18.2 Å². The summed E-state index contributed by atoms with van der Waals surface area (Å²) in [6.07, 6.45) is 0.449. The summed E-state index contributed by atoms with van der Waals surface area (Å²) in [7, 11) is -3.34. The van der Waals surface area contributed by atoms with E-state index >= 15 is 0 Å². The van der Waals surface area contributed by atoms with Gasteiger partial charge in [-0.2, -0.15) is 0 Å². The van der Waals surface area contributed by atoms with Crippen LogP contribution >= 0.6 is 11.3 Å². The Balaban J connectivity index is 1.95. The van der Waals surface area contributed by atoms with Crippen LogP contribution in [0.25, 0.3) is 0 Å². The van der Waals surface area contributed by atoms with E-state index in [0.29, 0.717) is 13.1 Å². The fraction of sp³-hybridized carbons (Fsp3) is 0.500. The van der Waals surface area contributed by atoms with Crippen molar-refractivity contribution in [2.45, 2.75) is 4.34 Å². The molecule has 1 aromatic rings. The number of hydrogen-bond donors (Lipinski definition) is 1. The molecular weight excluding hydrogens is 252 g/mol. The normalized spacial score (nSPS) is 17.1. The average Bonchev–Trinajstić information content (AvgIpc) is 2.62. The lowest BCUT2D eigenvalue weighted by molar-refractivity contribution is 0.0894. The van der Waals surface area contributed by atoms with Crippen LogP contribution in [0.15, 0.2) is 15.9 Å². The van der Waals surface area contributed by atoms with Gasteiger partial charge in [-0.15, -0.1) is 11.3 Å². The van der Waals surface area contributed by atoms with Crippen molar-refractivity contribution in [3.63, 3.8) is 0 Å². The van der Waals surface area contributed by atoms with Crippen LogP contribution in [-0.4, -0.2) is 48.3 Å². The van der Waals surface area contributed by atoms with Gasteiger partial charge < -0.3 is 10.0 Å². The van der Waals surface area contributed by atoms with Crippen molar-refractivity contribution < 1.29 is 18.3 Å². The number of nitrogens with zero attached hydrogens (tertiary/aromatic N) is 2. The van der Waals surface area contributed by atoms with Gasteiger partial charge in [-0.05, 0) is 0 Å². The average molecular weight is 262 g/mol. The Morgan fingerprint density at radius 1 is 1.62 bits per heavy atom. The highest BCUT2D eigenvalue weighted by Gasteiger charge is 2.34. The fourth-order valence-corrected chi connectivity index (χ4v) is 4.09. The number of aromatic nitrogens is 1. The van der Waals surface area contributed by atoms with Gasteiger partial charge in [0.25, 0.3) is 0 Å². The summed E-state index contributed by atoms with van der Waals surface area (Å²) in [4.78, 5) is 15.4. The summed E-state index contributed by atoms with van der Waals surface area (Å²) < 4.78 is 23.6. The zero-order chi connectivity index (χ0) is 11.8. The second-order valence-corrected chi connectivity index (χ2v) is 6.74. The van der Waals surface area contributed by atoms with Gasteiger partial charge >= 0.3 is 6.09 Å². The van der Waals surface area contributed by atoms with Crippen LogP contribution < -0.4 is 0 Å². The first-order chi connectivity index (χ1) is 7.49. The van der Waals surface area contributed by atoms with Gasteiger partial charge in [0.15, 0.2) is 0 Å². The molecule has 8 heteroatoms. The number of likely N-dealkylation sites (tertiary alicyclic amines) is 1. The third-order valence-corrected chi connectivity index (χ3v) is 5.52. The summed E-state index contributed by atoms with van der Waals surface area (Å²) in [6.45, 7) is 0.583. The Bertz CT molecular complexity index is 476. The summed E-state index contributed by atoms with van der Waals surface area (Å²) in [6, 6.07) is 0. The number of amides is 1. The zero-order valence-electron chi connectivity index (χ0n) is 8.24. The summed E-state index contributed by atoms with van der Waals surface area (Å²) in [5, 5.41) is 10.2. The Hall–Kier alpha value is -1.15. The molecule has 1 amide bonds. The molecule has 1 saturated heterocycles. The topological polar surface area (TPSA) is 87.6 Å². The Kier molecular flexibility index (Phi) is 2.85. The standard InChI is InChI=1S/C8H10N2O4S2/c11-8(12)10-3-6(4-10)5-16(13,14)7-9-1-2-15-7/h1-2,6H,3-5H2,(H,11,12). The van der Waals surface area contributed by atoms with Gasteiger partial charge in [-0.3, -0.25) is 0 Å².